The molecule has 2 aliphatic rings. The highest BCUT2D eigenvalue weighted by atomic mass is 15.3. The third kappa shape index (κ3) is 8.67. The lowest BCUT2D eigenvalue weighted by molar-refractivity contribution is 0.312. The molecule has 10 nitrogen and oxygen atoms in total. The second-order valence-electron chi connectivity index (χ2n) is 10.8. The second-order valence-corrected chi connectivity index (χ2v) is 10.8. The first kappa shape index (κ1) is 28.8. The van der Waals surface area contributed by atoms with E-state index < -0.39 is 0 Å². The molecule has 0 aliphatic carbocycles. The zero-order chi connectivity index (χ0) is 26.9. The van der Waals surface area contributed by atoms with E-state index in [4.69, 9.17) is 11.5 Å². The molecule has 0 spiro atoms. The van der Waals surface area contributed by atoms with Gasteiger partial charge in [-0.15, -0.1) is 0 Å². The van der Waals surface area contributed by atoms with Gasteiger partial charge in [-0.2, -0.15) is 9.97 Å². The Balaban J connectivity index is 0.000000208. The zero-order valence-corrected chi connectivity index (χ0v) is 23.8. The summed E-state index contributed by atoms with van der Waals surface area (Å²) in [6, 6.07) is 4.19. The number of nitrogens with zero attached hydrogens (tertiary/aromatic N) is 8. The molecule has 206 valence electrons. The van der Waals surface area contributed by atoms with E-state index in [-0.39, 0.29) is 0 Å². The smallest absolute Gasteiger partial charge is 0.222 e. The van der Waals surface area contributed by atoms with E-state index in [1.54, 1.807) is 0 Å². The van der Waals surface area contributed by atoms with Crippen LogP contribution in [0.2, 0.25) is 0 Å². The van der Waals surface area contributed by atoms with Crippen LogP contribution in [0.15, 0.2) is 12.1 Å². The Morgan fingerprint density at radius 2 is 1.14 bits per heavy atom. The summed E-state index contributed by atoms with van der Waals surface area (Å²) in [4.78, 5) is 26.7. The second kappa shape index (κ2) is 13.7. The standard InChI is InChI=1S/C15H27N5.C12H21N5/c1-4-5-6-12(2)13-11-14(18-15(16)17-13)20-9-7-19(3)8-10-20;1-9(2)10-8-11(15-12(13)14-10)17-6-4-16(3)5-7-17/h11-12H,4-10H2,1-3H3,(H2,16,17,18);8-9H,4-7H2,1-3H3,(H2,13,14,15). The first-order chi connectivity index (χ1) is 17.7. The van der Waals surface area contributed by atoms with Crippen molar-refractivity contribution >= 4 is 23.5 Å². The maximum absolute atomic E-state index is 5.90. The molecule has 2 aliphatic heterocycles. The summed E-state index contributed by atoms with van der Waals surface area (Å²) in [6.07, 6.45) is 3.61. The molecule has 1 unspecified atom stereocenters. The van der Waals surface area contributed by atoms with E-state index in [2.05, 4.69) is 93.5 Å². The molecule has 4 rings (SSSR count). The van der Waals surface area contributed by atoms with Crippen molar-refractivity contribution in [2.24, 2.45) is 0 Å². The third-order valence-corrected chi connectivity index (χ3v) is 7.24. The molecule has 0 amide bonds. The highest BCUT2D eigenvalue weighted by Gasteiger charge is 2.19. The van der Waals surface area contributed by atoms with Gasteiger partial charge in [-0.3, -0.25) is 0 Å². The summed E-state index contributed by atoms with van der Waals surface area (Å²) in [5, 5.41) is 0. The number of rotatable bonds is 7. The lowest BCUT2D eigenvalue weighted by atomic mass is 10.0. The Hall–Kier alpha value is -2.72. The van der Waals surface area contributed by atoms with E-state index in [9.17, 15) is 0 Å². The average molecular weight is 513 g/mol. The summed E-state index contributed by atoms with van der Waals surface area (Å²) < 4.78 is 0. The molecule has 2 fully saturated rings. The number of hydrogen-bond donors (Lipinski definition) is 2. The predicted molar refractivity (Wildman–Crippen MR) is 154 cm³/mol. The number of unbranched alkanes of at least 4 members (excludes halogenated alkanes) is 1. The average Bonchev–Trinajstić information content (AvgIpc) is 2.87. The van der Waals surface area contributed by atoms with Gasteiger partial charge in [0.05, 0.1) is 11.4 Å². The fourth-order valence-corrected chi connectivity index (χ4v) is 4.54. The fraction of sp³-hybridized carbons (Fsp3) is 0.704. The van der Waals surface area contributed by atoms with Crippen LogP contribution in [0, 0.1) is 0 Å². The molecule has 2 aromatic heterocycles. The third-order valence-electron chi connectivity index (χ3n) is 7.24. The van der Waals surface area contributed by atoms with Gasteiger partial charge >= 0.3 is 0 Å². The quantitative estimate of drug-likeness (QED) is 0.573. The molecule has 0 aromatic carbocycles. The van der Waals surface area contributed by atoms with E-state index in [1.165, 1.54) is 12.8 Å². The summed E-state index contributed by atoms with van der Waals surface area (Å²) in [6.45, 7) is 17.0. The largest absolute Gasteiger partial charge is 0.368 e. The summed E-state index contributed by atoms with van der Waals surface area (Å²) in [7, 11) is 4.30. The molecule has 2 aromatic rings. The van der Waals surface area contributed by atoms with E-state index in [0.717, 1.165) is 81.8 Å². The topological polar surface area (TPSA) is 117 Å². The lowest BCUT2D eigenvalue weighted by Crippen LogP contribution is -2.45. The van der Waals surface area contributed by atoms with E-state index in [1.807, 2.05) is 0 Å². The molecular formula is C27H48N10. The van der Waals surface area contributed by atoms with Crippen molar-refractivity contribution in [1.29, 1.82) is 0 Å². The normalized spacial score (nSPS) is 18.0. The number of nitrogen functional groups attached to an aromatic ring is 2. The zero-order valence-electron chi connectivity index (χ0n) is 23.8. The Morgan fingerprint density at radius 1 is 0.703 bits per heavy atom. The van der Waals surface area contributed by atoms with Gasteiger partial charge in [0, 0.05) is 64.5 Å². The summed E-state index contributed by atoms with van der Waals surface area (Å²) >= 11 is 0. The van der Waals surface area contributed by atoms with Crippen molar-refractivity contribution in [1.82, 2.24) is 29.7 Å². The van der Waals surface area contributed by atoms with Crippen LogP contribution in [0.5, 0.6) is 0 Å². The van der Waals surface area contributed by atoms with Gasteiger partial charge in [0.15, 0.2) is 0 Å². The van der Waals surface area contributed by atoms with Crippen LogP contribution in [0.4, 0.5) is 23.5 Å². The van der Waals surface area contributed by atoms with Crippen LogP contribution < -0.4 is 21.3 Å². The molecule has 37 heavy (non-hydrogen) atoms. The Labute approximate surface area is 223 Å². The van der Waals surface area contributed by atoms with Gasteiger partial charge in [-0.05, 0) is 32.4 Å². The molecule has 0 bridgehead atoms. The summed E-state index contributed by atoms with van der Waals surface area (Å²) in [5.41, 5.74) is 13.8. The molecule has 10 heteroatoms. The predicted octanol–water partition coefficient (Wildman–Crippen LogP) is 3.04. The maximum atomic E-state index is 5.90. The van der Waals surface area contributed by atoms with Crippen LogP contribution in [0.1, 0.15) is 70.2 Å². The first-order valence-electron chi connectivity index (χ1n) is 13.8. The minimum absolute atomic E-state index is 0.380. The Kier molecular flexibility index (Phi) is 10.7. The van der Waals surface area contributed by atoms with Crippen LogP contribution in [0.3, 0.4) is 0 Å². The number of piperazine rings is 2. The highest BCUT2D eigenvalue weighted by Crippen LogP contribution is 2.24. The van der Waals surface area contributed by atoms with E-state index >= 15 is 0 Å². The van der Waals surface area contributed by atoms with Crippen molar-refractivity contribution in [2.75, 3.05) is 87.7 Å². The number of nitrogens with two attached hydrogens (primary N) is 2. The van der Waals surface area contributed by atoms with Crippen molar-refractivity contribution in [3.05, 3.63) is 23.5 Å². The number of hydrogen-bond acceptors (Lipinski definition) is 10. The first-order valence-corrected chi connectivity index (χ1v) is 13.8. The van der Waals surface area contributed by atoms with Gasteiger partial charge in [0.1, 0.15) is 11.6 Å². The van der Waals surface area contributed by atoms with Crippen LogP contribution in [-0.4, -0.2) is 96.2 Å². The SMILES string of the molecule is CC(C)c1cc(N2CCN(C)CC2)nc(N)n1.CCCCC(C)c1cc(N2CCN(C)CC2)nc(N)n1. The molecule has 2 saturated heterocycles. The number of anilines is 4. The fourth-order valence-electron chi connectivity index (χ4n) is 4.54. The minimum atomic E-state index is 0.380. The Morgan fingerprint density at radius 3 is 1.57 bits per heavy atom. The van der Waals surface area contributed by atoms with Crippen LogP contribution >= 0.6 is 0 Å². The van der Waals surface area contributed by atoms with E-state index in [0.29, 0.717) is 23.7 Å². The molecular weight excluding hydrogens is 464 g/mol. The number of aromatic nitrogens is 4. The molecule has 0 radical (unpaired) electrons. The molecule has 0 saturated carbocycles. The summed E-state index contributed by atoms with van der Waals surface area (Å²) in [5.74, 6) is 3.57. The molecule has 4 N–H and O–H groups in total. The van der Waals surface area contributed by atoms with Gasteiger partial charge < -0.3 is 31.1 Å². The monoisotopic (exact) mass is 512 g/mol. The van der Waals surface area contributed by atoms with Crippen molar-refractivity contribution < 1.29 is 0 Å². The van der Waals surface area contributed by atoms with Gasteiger partial charge in [-0.1, -0.05) is 40.5 Å². The van der Waals surface area contributed by atoms with Crippen molar-refractivity contribution in [2.45, 2.75) is 58.8 Å². The highest BCUT2D eigenvalue weighted by molar-refractivity contribution is 5.45. The lowest BCUT2D eigenvalue weighted by Gasteiger charge is -2.33. The Bertz CT molecular complexity index is 966. The van der Waals surface area contributed by atoms with Crippen molar-refractivity contribution in [3.8, 4) is 0 Å². The molecule has 4 heterocycles. The maximum Gasteiger partial charge on any atom is 0.222 e. The van der Waals surface area contributed by atoms with Crippen molar-refractivity contribution in [3.63, 3.8) is 0 Å². The minimum Gasteiger partial charge on any atom is -0.368 e. The van der Waals surface area contributed by atoms with Gasteiger partial charge in [0.2, 0.25) is 11.9 Å². The van der Waals surface area contributed by atoms with Gasteiger partial charge in [-0.25, -0.2) is 9.97 Å². The molecule has 1 atom stereocenters. The van der Waals surface area contributed by atoms with Crippen LogP contribution in [0.25, 0.3) is 0 Å². The van der Waals surface area contributed by atoms with Crippen LogP contribution in [-0.2, 0) is 0 Å². The number of likely N-dealkylation sites (N-methyl/N-ethyl adjacent to an activating group) is 2. The van der Waals surface area contributed by atoms with Gasteiger partial charge in [0.25, 0.3) is 0 Å².